The van der Waals surface area contributed by atoms with E-state index >= 15 is 0 Å². The zero-order valence-electron chi connectivity index (χ0n) is 14.0. The molecule has 1 saturated carbocycles. The summed E-state index contributed by atoms with van der Waals surface area (Å²) in [6.07, 6.45) is 10.8. The fourth-order valence-electron chi connectivity index (χ4n) is 5.14. The van der Waals surface area contributed by atoms with Crippen LogP contribution < -0.4 is 5.32 Å². The third-order valence-electron chi connectivity index (χ3n) is 6.33. The fraction of sp³-hybridized carbons (Fsp3) is 1.00. The van der Waals surface area contributed by atoms with Crippen LogP contribution >= 0.6 is 11.8 Å². The lowest BCUT2D eigenvalue weighted by Gasteiger charge is -2.49. The summed E-state index contributed by atoms with van der Waals surface area (Å²) in [4.78, 5) is 0. The van der Waals surface area contributed by atoms with Crippen molar-refractivity contribution < 1.29 is 4.74 Å². The summed E-state index contributed by atoms with van der Waals surface area (Å²) in [5, 5.41) is 3.90. The SMILES string of the molecule is CCNC(C1CCOC2(CCSCC2)C1)C1(C)CCCC1. The van der Waals surface area contributed by atoms with Crippen LogP contribution in [0.4, 0.5) is 0 Å². The van der Waals surface area contributed by atoms with E-state index in [1.165, 1.54) is 62.9 Å². The molecule has 2 unspecified atom stereocenters. The van der Waals surface area contributed by atoms with Crippen molar-refractivity contribution >= 4 is 11.8 Å². The van der Waals surface area contributed by atoms with Crippen molar-refractivity contribution in [2.24, 2.45) is 11.3 Å². The van der Waals surface area contributed by atoms with Gasteiger partial charge < -0.3 is 10.1 Å². The van der Waals surface area contributed by atoms with Crippen molar-refractivity contribution in [1.29, 1.82) is 0 Å². The molecule has 2 atom stereocenters. The summed E-state index contributed by atoms with van der Waals surface area (Å²) >= 11 is 2.11. The van der Waals surface area contributed by atoms with Crippen LogP contribution in [0.1, 0.15) is 65.2 Å². The largest absolute Gasteiger partial charge is 0.375 e. The maximum absolute atomic E-state index is 6.32. The van der Waals surface area contributed by atoms with Gasteiger partial charge in [-0.1, -0.05) is 26.7 Å². The maximum Gasteiger partial charge on any atom is 0.0701 e. The van der Waals surface area contributed by atoms with E-state index in [-0.39, 0.29) is 5.60 Å². The summed E-state index contributed by atoms with van der Waals surface area (Å²) in [5.41, 5.74) is 0.763. The molecule has 3 heteroatoms. The van der Waals surface area contributed by atoms with Gasteiger partial charge in [0, 0.05) is 12.6 Å². The second-order valence-corrected chi connectivity index (χ2v) is 9.02. The van der Waals surface area contributed by atoms with E-state index in [2.05, 4.69) is 30.9 Å². The molecule has 1 N–H and O–H groups in total. The Kier molecular flexibility index (Phi) is 5.23. The molecule has 2 nitrogen and oxygen atoms in total. The van der Waals surface area contributed by atoms with Crippen LogP contribution in [0.3, 0.4) is 0 Å². The van der Waals surface area contributed by atoms with Gasteiger partial charge in [0.05, 0.1) is 5.60 Å². The molecule has 0 amide bonds. The predicted molar refractivity (Wildman–Crippen MR) is 92.0 cm³/mol. The topological polar surface area (TPSA) is 21.3 Å². The molecule has 0 aromatic rings. The normalized spacial score (nSPS) is 33.1. The number of hydrogen-bond acceptors (Lipinski definition) is 3. The van der Waals surface area contributed by atoms with Gasteiger partial charge in [-0.25, -0.2) is 0 Å². The van der Waals surface area contributed by atoms with E-state index in [1.54, 1.807) is 0 Å². The molecule has 2 aliphatic heterocycles. The number of nitrogens with one attached hydrogen (secondary N) is 1. The Morgan fingerprint density at radius 2 is 1.90 bits per heavy atom. The second-order valence-electron chi connectivity index (χ2n) is 7.79. The molecule has 3 aliphatic rings. The van der Waals surface area contributed by atoms with Crippen molar-refractivity contribution in [1.82, 2.24) is 5.32 Å². The highest BCUT2D eigenvalue weighted by atomic mass is 32.2. The maximum atomic E-state index is 6.32. The molecule has 122 valence electrons. The van der Waals surface area contributed by atoms with Crippen LogP contribution in [0.15, 0.2) is 0 Å². The van der Waals surface area contributed by atoms with E-state index in [4.69, 9.17) is 4.74 Å². The minimum absolute atomic E-state index is 0.233. The number of hydrogen-bond donors (Lipinski definition) is 1. The lowest BCUT2D eigenvalue weighted by atomic mass is 9.68. The van der Waals surface area contributed by atoms with Crippen LogP contribution in [0.5, 0.6) is 0 Å². The summed E-state index contributed by atoms with van der Waals surface area (Å²) in [6, 6.07) is 0.709. The number of ether oxygens (including phenoxy) is 1. The molecule has 0 radical (unpaired) electrons. The van der Waals surface area contributed by atoms with Crippen LogP contribution in [-0.4, -0.2) is 36.3 Å². The lowest BCUT2D eigenvalue weighted by Crippen LogP contribution is -2.53. The molecule has 0 aromatic heterocycles. The fourth-order valence-corrected chi connectivity index (χ4v) is 6.37. The van der Waals surface area contributed by atoms with Crippen LogP contribution in [-0.2, 0) is 4.74 Å². The Labute approximate surface area is 135 Å². The Hall–Kier alpha value is 0.270. The van der Waals surface area contributed by atoms with Crippen molar-refractivity contribution in [3.63, 3.8) is 0 Å². The van der Waals surface area contributed by atoms with Gasteiger partial charge in [-0.2, -0.15) is 11.8 Å². The lowest BCUT2D eigenvalue weighted by molar-refractivity contribution is -0.113. The van der Waals surface area contributed by atoms with E-state index in [0.717, 1.165) is 19.1 Å². The molecule has 3 rings (SSSR count). The Bertz CT molecular complexity index is 329. The van der Waals surface area contributed by atoms with Crippen molar-refractivity contribution in [3.05, 3.63) is 0 Å². The monoisotopic (exact) mass is 311 g/mol. The first kappa shape index (κ1) is 16.1. The number of thioether (sulfide) groups is 1. The molecular weight excluding hydrogens is 278 g/mol. The van der Waals surface area contributed by atoms with Crippen LogP contribution in [0, 0.1) is 11.3 Å². The van der Waals surface area contributed by atoms with Gasteiger partial charge in [0.25, 0.3) is 0 Å². The molecule has 0 aromatic carbocycles. The highest BCUT2D eigenvalue weighted by Gasteiger charge is 2.46. The molecule has 0 bridgehead atoms. The zero-order valence-corrected chi connectivity index (χ0v) is 14.8. The molecule has 2 heterocycles. The molecule has 21 heavy (non-hydrogen) atoms. The van der Waals surface area contributed by atoms with Gasteiger partial charge in [-0.15, -0.1) is 0 Å². The van der Waals surface area contributed by atoms with Gasteiger partial charge in [0.2, 0.25) is 0 Å². The molecular formula is C18H33NOS. The summed E-state index contributed by atoms with van der Waals surface area (Å²) in [5.74, 6) is 3.43. The molecule has 3 fully saturated rings. The molecule has 2 saturated heterocycles. The number of rotatable bonds is 4. The van der Waals surface area contributed by atoms with Crippen molar-refractivity contribution in [2.75, 3.05) is 24.7 Å². The average Bonchev–Trinajstić information content (AvgIpc) is 2.93. The third-order valence-corrected chi connectivity index (χ3v) is 7.31. The minimum Gasteiger partial charge on any atom is -0.375 e. The zero-order chi connectivity index (χ0) is 14.8. The third kappa shape index (κ3) is 3.45. The van der Waals surface area contributed by atoms with Gasteiger partial charge in [0.1, 0.15) is 0 Å². The van der Waals surface area contributed by atoms with E-state index in [0.29, 0.717) is 11.5 Å². The summed E-state index contributed by atoms with van der Waals surface area (Å²) in [6.45, 7) is 6.93. The average molecular weight is 312 g/mol. The molecule has 1 spiro atoms. The van der Waals surface area contributed by atoms with Crippen LogP contribution in [0.2, 0.25) is 0 Å². The van der Waals surface area contributed by atoms with Crippen molar-refractivity contribution in [3.8, 4) is 0 Å². The Balaban J connectivity index is 1.72. The van der Waals surface area contributed by atoms with Crippen molar-refractivity contribution in [2.45, 2.75) is 76.9 Å². The van der Waals surface area contributed by atoms with Gasteiger partial charge >= 0.3 is 0 Å². The smallest absolute Gasteiger partial charge is 0.0701 e. The first-order valence-corrected chi connectivity index (χ1v) is 10.3. The van der Waals surface area contributed by atoms with E-state index in [1.807, 2.05) is 0 Å². The van der Waals surface area contributed by atoms with E-state index in [9.17, 15) is 0 Å². The quantitative estimate of drug-likeness (QED) is 0.839. The van der Waals surface area contributed by atoms with Gasteiger partial charge in [0.15, 0.2) is 0 Å². The highest BCUT2D eigenvalue weighted by molar-refractivity contribution is 7.99. The predicted octanol–water partition coefficient (Wildman–Crippen LogP) is 4.24. The standard InChI is InChI=1S/C18H33NOS/c1-3-19-16(17(2)7-4-5-8-17)15-6-11-20-18(14-15)9-12-21-13-10-18/h15-16,19H,3-14H2,1-2H3. The van der Waals surface area contributed by atoms with Crippen LogP contribution in [0.25, 0.3) is 0 Å². The van der Waals surface area contributed by atoms with Gasteiger partial charge in [-0.05, 0) is 67.9 Å². The van der Waals surface area contributed by atoms with E-state index < -0.39 is 0 Å². The second kappa shape index (κ2) is 6.80. The summed E-state index contributed by atoms with van der Waals surface area (Å²) in [7, 11) is 0. The van der Waals surface area contributed by atoms with Gasteiger partial charge in [-0.3, -0.25) is 0 Å². The molecule has 1 aliphatic carbocycles. The first-order valence-electron chi connectivity index (χ1n) is 9.13. The first-order chi connectivity index (χ1) is 10.2. The Morgan fingerprint density at radius 1 is 1.19 bits per heavy atom. The summed E-state index contributed by atoms with van der Waals surface area (Å²) < 4.78 is 6.32. The minimum atomic E-state index is 0.233. The Morgan fingerprint density at radius 3 is 2.57 bits per heavy atom. The highest BCUT2D eigenvalue weighted by Crippen LogP contribution is 2.48.